The molecule has 0 rings (SSSR count). The van der Waals surface area contributed by atoms with Crippen LogP contribution < -0.4 is 71.8 Å². The standard InChI is InChI=1S/C2H6N2.2CH2O3.Co.K/c3-1-2-4;2*2-1(3)4;;/h3-4H,1-2H2;2*(H2,2,3,4);;/q-2;;;+3;+1/p-4. The van der Waals surface area contributed by atoms with Crippen molar-refractivity contribution in [3.05, 3.63) is 11.5 Å². The summed E-state index contributed by atoms with van der Waals surface area (Å²) in [5.74, 6) is 0. The minimum absolute atomic E-state index is 0. The second-order valence-corrected chi connectivity index (χ2v) is 1.00. The Labute approximate surface area is 133 Å². The third kappa shape index (κ3) is 660. The van der Waals surface area contributed by atoms with E-state index in [0.717, 1.165) is 0 Å². The van der Waals surface area contributed by atoms with Crippen molar-refractivity contribution in [1.82, 2.24) is 0 Å². The molecule has 0 saturated carbocycles. The summed E-state index contributed by atoms with van der Waals surface area (Å²) < 4.78 is 0. The first kappa shape index (κ1) is 29.3. The Balaban J connectivity index is -0.0000000270. The molecule has 0 atom stereocenters. The molecule has 0 spiro atoms. The molecule has 2 N–H and O–H groups in total. The zero-order valence-electron chi connectivity index (χ0n) is 7.20. The predicted molar refractivity (Wildman–Crippen MR) is 29.2 cm³/mol. The first-order valence-electron chi connectivity index (χ1n) is 2.43. The Morgan fingerprint density at radius 1 is 0.857 bits per heavy atom. The summed E-state index contributed by atoms with van der Waals surface area (Å²) in [6.45, 7) is 0.472. The van der Waals surface area contributed by atoms with Gasteiger partial charge in [-0.1, -0.05) is 0 Å². The molecule has 0 aliphatic heterocycles. The molecule has 8 nitrogen and oxygen atoms in total. The summed E-state index contributed by atoms with van der Waals surface area (Å²) >= 11 is 0. The monoisotopic (exact) mass is 276 g/mol. The summed E-state index contributed by atoms with van der Waals surface area (Å²) in [7, 11) is 0. The van der Waals surface area contributed by atoms with Gasteiger partial charge in [-0.25, -0.2) is 0 Å². The largest absolute Gasteiger partial charge is 3.00 e. The molecule has 0 radical (unpaired) electrons. The molecular weight excluding hydrogens is 270 g/mol. The number of carbonyl (C=O) groups excluding carboxylic acids is 2. The van der Waals surface area contributed by atoms with Crippen LogP contribution in [0.5, 0.6) is 0 Å². The van der Waals surface area contributed by atoms with Crippen molar-refractivity contribution >= 4 is 12.3 Å². The Morgan fingerprint density at radius 3 is 0.929 bits per heavy atom. The number of hydrogen-bond acceptors (Lipinski definition) is 6. The molecule has 0 aromatic heterocycles. The van der Waals surface area contributed by atoms with E-state index >= 15 is 0 Å². The van der Waals surface area contributed by atoms with Gasteiger partial charge in [0.15, 0.2) is 0 Å². The summed E-state index contributed by atoms with van der Waals surface area (Å²) in [5, 5.41) is 33.3. The van der Waals surface area contributed by atoms with Gasteiger partial charge in [0.25, 0.3) is 0 Å². The molecule has 0 heterocycles. The van der Waals surface area contributed by atoms with E-state index in [9.17, 15) is 0 Å². The normalized spacial score (nSPS) is 5.57. The van der Waals surface area contributed by atoms with Gasteiger partial charge < -0.3 is 41.5 Å². The maximum atomic E-state index is 8.33. The summed E-state index contributed by atoms with van der Waals surface area (Å²) in [6, 6.07) is 0. The first-order valence-corrected chi connectivity index (χ1v) is 2.43. The van der Waals surface area contributed by atoms with E-state index in [0.29, 0.717) is 0 Å². The van der Waals surface area contributed by atoms with Gasteiger partial charge in [0, 0.05) is 0 Å². The maximum Gasteiger partial charge on any atom is 3.00 e. The molecule has 80 valence electrons. The summed E-state index contributed by atoms with van der Waals surface area (Å²) in [6.07, 6.45) is -4.67. The minimum atomic E-state index is -2.33. The van der Waals surface area contributed by atoms with Gasteiger partial charge in [-0.2, -0.15) is 13.1 Å². The maximum absolute atomic E-state index is 8.33. The molecule has 0 aliphatic rings. The zero-order chi connectivity index (χ0) is 10.6. The van der Waals surface area contributed by atoms with Crippen LogP contribution in [0.3, 0.4) is 0 Å². The van der Waals surface area contributed by atoms with Crippen molar-refractivity contribution in [2.75, 3.05) is 13.1 Å². The molecule has 0 saturated heterocycles. The van der Waals surface area contributed by atoms with Crippen LogP contribution >= 0.6 is 0 Å². The van der Waals surface area contributed by atoms with Crippen LogP contribution in [0.2, 0.25) is 0 Å². The Morgan fingerprint density at radius 2 is 0.929 bits per heavy atom. The van der Waals surface area contributed by atoms with Crippen molar-refractivity contribution in [2.24, 2.45) is 0 Å². The third-order valence-corrected chi connectivity index (χ3v) is 0.125. The molecule has 0 fully saturated rings. The predicted octanol–water partition coefficient (Wildman–Crippen LogP) is -6.80. The second-order valence-electron chi connectivity index (χ2n) is 1.00. The van der Waals surface area contributed by atoms with Gasteiger partial charge in [0.05, 0.1) is 0 Å². The Bertz CT molecular complexity index is 104. The fourth-order valence-electron chi connectivity index (χ4n) is 0. The molecule has 0 bridgehead atoms. The molecule has 14 heavy (non-hydrogen) atoms. The number of hydrogen-bond donors (Lipinski definition) is 0. The quantitative estimate of drug-likeness (QED) is 0.430. The first-order chi connectivity index (χ1) is 5.38. The van der Waals surface area contributed by atoms with Crippen molar-refractivity contribution < 1.29 is 98.2 Å². The second kappa shape index (κ2) is 29.2. The molecule has 0 aromatic carbocycles. The topological polar surface area (TPSA) is 174 Å². The number of carbonyl (C=O) groups is 2. The van der Waals surface area contributed by atoms with Gasteiger partial charge >= 0.3 is 68.2 Å². The van der Waals surface area contributed by atoms with Crippen LogP contribution in [0.25, 0.3) is 11.5 Å². The van der Waals surface area contributed by atoms with Gasteiger partial charge in [-0.05, 0) is 12.3 Å². The fourth-order valence-corrected chi connectivity index (χ4v) is 0. The molecule has 10 heteroatoms. The van der Waals surface area contributed by atoms with Crippen molar-refractivity contribution in [3.8, 4) is 0 Å². The van der Waals surface area contributed by atoms with Crippen molar-refractivity contribution in [1.29, 1.82) is 0 Å². The SMILES string of the molecule is O=C([O-])[O-].O=C([O-])[O-].[Co+3].[K+].[NH-]CC[NH-]. The van der Waals surface area contributed by atoms with Crippen LogP contribution in [0.4, 0.5) is 9.59 Å². The fraction of sp³-hybridized carbons (Fsp3) is 0.500. The molecule has 0 aromatic rings. The van der Waals surface area contributed by atoms with Gasteiger partial charge in [0.2, 0.25) is 0 Å². The van der Waals surface area contributed by atoms with Gasteiger partial charge in [-0.15, -0.1) is 0 Å². The summed E-state index contributed by atoms with van der Waals surface area (Å²) in [4.78, 5) is 16.7. The van der Waals surface area contributed by atoms with Crippen LogP contribution in [-0.2, 0) is 16.8 Å². The average molecular weight is 276 g/mol. The molecular formula is C4H6CoKN2O6-2. The Kier molecular flexibility index (Phi) is 61.1. The third-order valence-electron chi connectivity index (χ3n) is 0.125. The van der Waals surface area contributed by atoms with E-state index in [4.69, 9.17) is 41.5 Å². The van der Waals surface area contributed by atoms with E-state index < -0.39 is 12.3 Å². The van der Waals surface area contributed by atoms with Crippen LogP contribution in [-0.4, -0.2) is 25.4 Å². The van der Waals surface area contributed by atoms with Crippen LogP contribution in [0.15, 0.2) is 0 Å². The van der Waals surface area contributed by atoms with Gasteiger partial charge in [0.1, 0.15) is 0 Å². The van der Waals surface area contributed by atoms with Gasteiger partial charge in [-0.3, -0.25) is 0 Å². The number of carboxylic acid groups (broad SMARTS) is 4. The number of nitrogens with one attached hydrogen (secondary N) is 2. The molecule has 0 amide bonds. The van der Waals surface area contributed by atoms with Crippen LogP contribution in [0.1, 0.15) is 0 Å². The van der Waals surface area contributed by atoms with Crippen molar-refractivity contribution in [2.45, 2.75) is 0 Å². The van der Waals surface area contributed by atoms with E-state index in [-0.39, 0.29) is 81.3 Å². The van der Waals surface area contributed by atoms with Crippen molar-refractivity contribution in [3.63, 3.8) is 0 Å². The molecule has 0 unspecified atom stereocenters. The average Bonchev–Trinajstić information content (AvgIpc) is 1.85. The van der Waals surface area contributed by atoms with E-state index in [1.54, 1.807) is 0 Å². The smallest absolute Gasteiger partial charge is 0.679 e. The van der Waals surface area contributed by atoms with E-state index in [1.165, 1.54) is 0 Å². The van der Waals surface area contributed by atoms with E-state index in [1.807, 2.05) is 0 Å². The number of rotatable bonds is 1. The van der Waals surface area contributed by atoms with E-state index in [2.05, 4.69) is 0 Å². The van der Waals surface area contributed by atoms with Crippen LogP contribution in [0, 0.1) is 0 Å². The molecule has 0 aliphatic carbocycles. The Hall–Kier alpha value is 0.603. The zero-order valence-corrected chi connectivity index (χ0v) is 11.4. The minimum Gasteiger partial charge on any atom is -0.679 e. The summed E-state index contributed by atoms with van der Waals surface area (Å²) in [5.41, 5.74) is 12.5.